The Labute approximate surface area is 154 Å². The summed E-state index contributed by atoms with van der Waals surface area (Å²) in [6.45, 7) is 1.84. The van der Waals surface area contributed by atoms with Gasteiger partial charge < -0.3 is 11.1 Å². The predicted octanol–water partition coefficient (Wildman–Crippen LogP) is 1.88. The number of nitrogens with two attached hydrogens (primary N) is 1. The third kappa shape index (κ3) is 4.70. The molecule has 1 saturated heterocycles. The van der Waals surface area contributed by atoms with Crippen molar-refractivity contribution in [2.45, 2.75) is 24.8 Å². The molecule has 0 saturated carbocycles. The van der Waals surface area contributed by atoms with E-state index in [1.165, 1.54) is 0 Å². The van der Waals surface area contributed by atoms with E-state index in [1.54, 1.807) is 0 Å². The first-order valence-corrected chi connectivity index (χ1v) is 9.04. The number of nitrogens with zero attached hydrogens (tertiary/aromatic N) is 1. The van der Waals surface area contributed by atoms with Gasteiger partial charge in [0.25, 0.3) is 0 Å². The lowest BCUT2D eigenvalue weighted by Crippen LogP contribution is -2.47. The molecule has 0 aromatic heterocycles. The van der Waals surface area contributed by atoms with E-state index in [0.29, 0.717) is 0 Å². The molecule has 5 heteroatoms. The molecule has 5 nitrogen and oxygen atoms in total. The Morgan fingerprint density at radius 2 is 1.46 bits per heavy atom. The van der Waals surface area contributed by atoms with Crippen LogP contribution in [0.25, 0.3) is 0 Å². The Kier molecular flexibility index (Phi) is 6.02. The molecule has 1 heterocycles. The van der Waals surface area contributed by atoms with Crippen molar-refractivity contribution in [3.8, 4) is 0 Å². The molecule has 2 aromatic rings. The third-order valence-corrected chi connectivity index (χ3v) is 4.84. The summed E-state index contributed by atoms with van der Waals surface area (Å²) in [5.74, 6) is -0.600. The second-order valence-electron chi connectivity index (χ2n) is 6.78. The number of benzene rings is 2. The van der Waals surface area contributed by atoms with Gasteiger partial charge in [-0.15, -0.1) is 0 Å². The van der Waals surface area contributed by atoms with Crippen molar-refractivity contribution in [3.63, 3.8) is 0 Å². The SMILES string of the molecule is NC(=O)CN1CCC(NC(=O)C(c2ccccc2)c2ccccc2)CC1. The van der Waals surface area contributed by atoms with Crippen LogP contribution in [0.2, 0.25) is 0 Å². The molecule has 1 aliphatic heterocycles. The van der Waals surface area contributed by atoms with Crippen LogP contribution in [-0.2, 0) is 9.59 Å². The molecule has 3 rings (SSSR count). The summed E-state index contributed by atoms with van der Waals surface area (Å²) in [7, 11) is 0. The molecule has 0 unspecified atom stereocenters. The van der Waals surface area contributed by atoms with Crippen LogP contribution in [0.1, 0.15) is 29.9 Å². The van der Waals surface area contributed by atoms with Gasteiger partial charge in [0.1, 0.15) is 0 Å². The van der Waals surface area contributed by atoms with Crippen molar-refractivity contribution in [1.82, 2.24) is 10.2 Å². The number of carbonyl (C=O) groups excluding carboxylic acids is 2. The van der Waals surface area contributed by atoms with Gasteiger partial charge in [0.15, 0.2) is 0 Å². The molecule has 3 N–H and O–H groups in total. The highest BCUT2D eigenvalue weighted by molar-refractivity contribution is 5.87. The van der Waals surface area contributed by atoms with Gasteiger partial charge in [-0.3, -0.25) is 14.5 Å². The van der Waals surface area contributed by atoms with Gasteiger partial charge in [0.05, 0.1) is 12.5 Å². The zero-order valence-corrected chi connectivity index (χ0v) is 14.8. The molecule has 0 radical (unpaired) electrons. The monoisotopic (exact) mass is 351 g/mol. The highest BCUT2D eigenvalue weighted by atomic mass is 16.2. The minimum Gasteiger partial charge on any atom is -0.369 e. The van der Waals surface area contributed by atoms with Gasteiger partial charge in [-0.1, -0.05) is 60.7 Å². The highest BCUT2D eigenvalue weighted by Crippen LogP contribution is 2.25. The van der Waals surface area contributed by atoms with Gasteiger partial charge in [-0.25, -0.2) is 0 Å². The summed E-state index contributed by atoms with van der Waals surface area (Å²) >= 11 is 0. The Morgan fingerprint density at radius 1 is 0.962 bits per heavy atom. The average Bonchev–Trinajstić information content (AvgIpc) is 2.65. The lowest BCUT2D eigenvalue weighted by atomic mass is 9.90. The summed E-state index contributed by atoms with van der Waals surface area (Å²) in [6, 6.07) is 19.8. The van der Waals surface area contributed by atoms with E-state index in [1.807, 2.05) is 65.6 Å². The molecular formula is C21H25N3O2. The maximum absolute atomic E-state index is 13.1. The molecule has 136 valence electrons. The van der Waals surface area contributed by atoms with Crippen molar-refractivity contribution in [1.29, 1.82) is 0 Å². The van der Waals surface area contributed by atoms with Gasteiger partial charge in [-0.2, -0.15) is 0 Å². The number of likely N-dealkylation sites (tertiary alicyclic amines) is 1. The molecule has 2 aromatic carbocycles. The lowest BCUT2D eigenvalue weighted by Gasteiger charge is -2.32. The molecule has 1 aliphatic rings. The van der Waals surface area contributed by atoms with Crippen LogP contribution in [0.3, 0.4) is 0 Å². The van der Waals surface area contributed by atoms with Crippen molar-refractivity contribution < 1.29 is 9.59 Å². The topological polar surface area (TPSA) is 75.4 Å². The third-order valence-electron chi connectivity index (χ3n) is 4.84. The summed E-state index contributed by atoms with van der Waals surface area (Å²) in [4.78, 5) is 26.2. The zero-order valence-electron chi connectivity index (χ0n) is 14.8. The van der Waals surface area contributed by atoms with E-state index >= 15 is 0 Å². The minimum atomic E-state index is -0.318. The molecule has 0 bridgehead atoms. The first-order chi connectivity index (χ1) is 12.6. The number of nitrogens with one attached hydrogen (secondary N) is 1. The first kappa shape index (κ1) is 18.1. The van der Waals surface area contributed by atoms with E-state index in [0.717, 1.165) is 37.1 Å². The van der Waals surface area contributed by atoms with E-state index in [9.17, 15) is 9.59 Å². The van der Waals surface area contributed by atoms with Crippen LogP contribution >= 0.6 is 0 Å². The zero-order chi connectivity index (χ0) is 18.4. The molecule has 0 atom stereocenters. The second-order valence-corrected chi connectivity index (χ2v) is 6.78. The Bertz CT molecular complexity index is 686. The maximum atomic E-state index is 13.1. The maximum Gasteiger partial charge on any atom is 0.232 e. The summed E-state index contributed by atoms with van der Waals surface area (Å²) in [5, 5.41) is 3.21. The number of rotatable bonds is 6. The lowest BCUT2D eigenvalue weighted by molar-refractivity contribution is -0.123. The molecule has 26 heavy (non-hydrogen) atoms. The first-order valence-electron chi connectivity index (χ1n) is 9.04. The van der Waals surface area contributed by atoms with E-state index in [4.69, 9.17) is 5.73 Å². The van der Waals surface area contributed by atoms with Crippen LogP contribution in [0, 0.1) is 0 Å². The summed E-state index contributed by atoms with van der Waals surface area (Å²) in [5.41, 5.74) is 7.23. The highest BCUT2D eigenvalue weighted by Gasteiger charge is 2.27. The fraction of sp³-hybridized carbons (Fsp3) is 0.333. The van der Waals surface area contributed by atoms with E-state index in [2.05, 4.69) is 5.32 Å². The molecular weight excluding hydrogens is 326 g/mol. The van der Waals surface area contributed by atoms with Crippen molar-refractivity contribution in [3.05, 3.63) is 71.8 Å². The summed E-state index contributed by atoms with van der Waals surface area (Å²) < 4.78 is 0. The standard InChI is InChI=1S/C21H25N3O2/c22-19(25)15-24-13-11-18(12-14-24)23-21(26)20(16-7-3-1-4-8-16)17-9-5-2-6-10-17/h1-10,18,20H,11-15H2,(H2,22,25)(H,23,26). The van der Waals surface area contributed by atoms with Crippen molar-refractivity contribution >= 4 is 11.8 Å². The van der Waals surface area contributed by atoms with Gasteiger partial charge in [-0.05, 0) is 24.0 Å². The number of carbonyl (C=O) groups is 2. The van der Waals surface area contributed by atoms with Crippen LogP contribution < -0.4 is 11.1 Å². The molecule has 2 amide bonds. The van der Waals surface area contributed by atoms with Crippen LogP contribution in [0.15, 0.2) is 60.7 Å². The van der Waals surface area contributed by atoms with Crippen LogP contribution in [0.5, 0.6) is 0 Å². The Balaban J connectivity index is 1.68. The normalized spacial score (nSPS) is 15.7. The molecule has 0 spiro atoms. The largest absolute Gasteiger partial charge is 0.369 e. The summed E-state index contributed by atoms with van der Waals surface area (Å²) in [6.07, 6.45) is 1.66. The number of amides is 2. The van der Waals surface area contributed by atoms with Crippen molar-refractivity contribution in [2.24, 2.45) is 5.73 Å². The van der Waals surface area contributed by atoms with Gasteiger partial charge in [0.2, 0.25) is 11.8 Å². The quantitative estimate of drug-likeness (QED) is 0.834. The molecule has 1 fully saturated rings. The number of piperidine rings is 1. The Morgan fingerprint density at radius 3 is 1.92 bits per heavy atom. The van der Waals surface area contributed by atoms with E-state index in [-0.39, 0.29) is 30.3 Å². The van der Waals surface area contributed by atoms with Gasteiger partial charge >= 0.3 is 0 Å². The van der Waals surface area contributed by atoms with Gasteiger partial charge in [0, 0.05) is 19.1 Å². The fourth-order valence-corrected chi connectivity index (χ4v) is 3.53. The van der Waals surface area contributed by atoms with Crippen LogP contribution in [-0.4, -0.2) is 42.4 Å². The van der Waals surface area contributed by atoms with E-state index < -0.39 is 0 Å². The molecule has 0 aliphatic carbocycles. The fourth-order valence-electron chi connectivity index (χ4n) is 3.53. The van der Waals surface area contributed by atoms with Crippen LogP contribution in [0.4, 0.5) is 0 Å². The second kappa shape index (κ2) is 8.63. The smallest absolute Gasteiger partial charge is 0.232 e. The minimum absolute atomic E-state index is 0.0238. The number of hydrogen-bond acceptors (Lipinski definition) is 3. The number of hydrogen-bond donors (Lipinski definition) is 2. The number of primary amides is 1. The predicted molar refractivity (Wildman–Crippen MR) is 102 cm³/mol. The van der Waals surface area contributed by atoms with Crippen molar-refractivity contribution in [2.75, 3.05) is 19.6 Å². The average molecular weight is 351 g/mol. The Hall–Kier alpha value is -2.66.